The van der Waals surface area contributed by atoms with Gasteiger partial charge in [-0.15, -0.1) is 0 Å². The molecule has 0 saturated carbocycles. The molecule has 2 heterocycles. The van der Waals surface area contributed by atoms with Gasteiger partial charge in [-0.05, 0) is 12.1 Å². The third-order valence-electron chi connectivity index (χ3n) is 1.96. The van der Waals surface area contributed by atoms with Gasteiger partial charge < -0.3 is 5.32 Å². The molecule has 5 nitrogen and oxygen atoms in total. The van der Waals surface area contributed by atoms with Gasteiger partial charge in [-0.2, -0.15) is 5.10 Å². The summed E-state index contributed by atoms with van der Waals surface area (Å²) in [5, 5.41) is 6.65. The topological polar surface area (TPSA) is 59.8 Å². The number of rotatable bonds is 2. The van der Waals surface area contributed by atoms with Gasteiger partial charge in [0.2, 0.25) is 0 Å². The number of aryl methyl sites for hydroxylation is 1. The molecule has 2 aromatic heterocycles. The monoisotopic (exact) mass is 202 g/mol. The lowest BCUT2D eigenvalue weighted by Crippen LogP contribution is -2.15. The van der Waals surface area contributed by atoms with Crippen LogP contribution in [0.5, 0.6) is 0 Å². The lowest BCUT2D eigenvalue weighted by Gasteiger charge is -2.03. The molecule has 0 aliphatic heterocycles. The fourth-order valence-electron chi connectivity index (χ4n) is 1.17. The van der Waals surface area contributed by atoms with Gasteiger partial charge >= 0.3 is 0 Å². The van der Waals surface area contributed by atoms with Crippen molar-refractivity contribution in [2.45, 2.75) is 0 Å². The number of amides is 1. The van der Waals surface area contributed by atoms with Crippen molar-refractivity contribution in [2.24, 2.45) is 7.05 Å². The Morgan fingerprint density at radius 2 is 2.20 bits per heavy atom. The zero-order valence-electron chi connectivity index (χ0n) is 8.21. The van der Waals surface area contributed by atoms with E-state index in [-0.39, 0.29) is 5.91 Å². The molecule has 0 saturated heterocycles. The van der Waals surface area contributed by atoms with E-state index in [2.05, 4.69) is 15.4 Å². The molecule has 0 atom stereocenters. The molecule has 2 rings (SSSR count). The summed E-state index contributed by atoms with van der Waals surface area (Å²) >= 11 is 0. The second kappa shape index (κ2) is 3.91. The molecule has 0 radical (unpaired) electrons. The van der Waals surface area contributed by atoms with Gasteiger partial charge in [0.1, 0.15) is 11.5 Å². The lowest BCUT2D eigenvalue weighted by molar-refractivity contribution is 0.102. The van der Waals surface area contributed by atoms with Crippen LogP contribution in [0.3, 0.4) is 0 Å². The number of anilines is 1. The maximum Gasteiger partial charge on any atom is 0.275 e. The summed E-state index contributed by atoms with van der Waals surface area (Å²) in [4.78, 5) is 15.6. The maximum absolute atomic E-state index is 11.6. The molecule has 0 aromatic carbocycles. The van der Waals surface area contributed by atoms with Gasteiger partial charge in [0.05, 0.1) is 6.20 Å². The van der Waals surface area contributed by atoms with Crippen molar-refractivity contribution in [3.05, 3.63) is 42.4 Å². The fraction of sp³-hybridized carbons (Fsp3) is 0.100. The van der Waals surface area contributed by atoms with Crippen LogP contribution < -0.4 is 5.32 Å². The quantitative estimate of drug-likeness (QED) is 0.792. The highest BCUT2D eigenvalue weighted by Crippen LogP contribution is 2.05. The van der Waals surface area contributed by atoms with E-state index in [1.807, 2.05) is 0 Å². The third kappa shape index (κ3) is 2.01. The van der Waals surface area contributed by atoms with Gasteiger partial charge in [-0.1, -0.05) is 6.07 Å². The number of hydrogen-bond acceptors (Lipinski definition) is 3. The predicted molar refractivity (Wildman–Crippen MR) is 55.4 cm³/mol. The standard InChI is InChI=1S/C10H10N4O/c1-14-9(5-7-12-14)13-10(15)8-4-2-3-6-11-8/h2-7H,1H3,(H,13,15). The largest absolute Gasteiger partial charge is 0.305 e. The number of carbonyl (C=O) groups is 1. The van der Waals surface area contributed by atoms with Crippen LogP contribution in [0, 0.1) is 0 Å². The van der Waals surface area contributed by atoms with Crippen molar-refractivity contribution in [3.8, 4) is 0 Å². The smallest absolute Gasteiger partial charge is 0.275 e. The number of nitrogens with one attached hydrogen (secondary N) is 1. The van der Waals surface area contributed by atoms with Crippen LogP contribution in [-0.4, -0.2) is 20.7 Å². The molecule has 1 N–H and O–H groups in total. The average molecular weight is 202 g/mol. The summed E-state index contributed by atoms with van der Waals surface area (Å²) in [5.74, 6) is 0.407. The van der Waals surface area contributed by atoms with Gasteiger partial charge in [0.25, 0.3) is 5.91 Å². The van der Waals surface area contributed by atoms with E-state index in [9.17, 15) is 4.79 Å². The number of hydrogen-bond donors (Lipinski definition) is 1. The lowest BCUT2D eigenvalue weighted by atomic mass is 10.3. The average Bonchev–Trinajstić information content (AvgIpc) is 2.66. The number of pyridine rings is 1. The van der Waals surface area contributed by atoms with E-state index < -0.39 is 0 Å². The van der Waals surface area contributed by atoms with Crippen molar-refractivity contribution >= 4 is 11.7 Å². The fourth-order valence-corrected chi connectivity index (χ4v) is 1.17. The Morgan fingerprint density at radius 3 is 2.80 bits per heavy atom. The first kappa shape index (κ1) is 9.39. The van der Waals surface area contributed by atoms with E-state index in [1.165, 1.54) is 0 Å². The predicted octanol–water partition coefficient (Wildman–Crippen LogP) is 1.07. The molecular weight excluding hydrogens is 192 g/mol. The van der Waals surface area contributed by atoms with Crippen LogP contribution in [-0.2, 0) is 7.05 Å². The Hall–Kier alpha value is -2.17. The summed E-state index contributed by atoms with van der Waals surface area (Å²) in [6, 6.07) is 6.92. The van der Waals surface area contributed by atoms with Crippen LogP contribution in [0.15, 0.2) is 36.7 Å². The van der Waals surface area contributed by atoms with E-state index in [0.717, 1.165) is 0 Å². The second-order valence-corrected chi connectivity index (χ2v) is 3.01. The first-order valence-corrected chi connectivity index (χ1v) is 4.48. The number of nitrogens with zero attached hydrogens (tertiary/aromatic N) is 3. The molecule has 15 heavy (non-hydrogen) atoms. The van der Waals surface area contributed by atoms with Crippen molar-refractivity contribution in [2.75, 3.05) is 5.32 Å². The number of carbonyl (C=O) groups excluding carboxylic acids is 1. The normalized spacial score (nSPS) is 9.93. The summed E-state index contributed by atoms with van der Waals surface area (Å²) in [6.07, 6.45) is 3.20. The van der Waals surface area contributed by atoms with E-state index in [4.69, 9.17) is 0 Å². The molecule has 0 unspecified atom stereocenters. The second-order valence-electron chi connectivity index (χ2n) is 3.01. The van der Waals surface area contributed by atoms with E-state index >= 15 is 0 Å². The molecule has 76 valence electrons. The van der Waals surface area contributed by atoms with Crippen molar-refractivity contribution < 1.29 is 4.79 Å². The Balaban J connectivity index is 2.15. The summed E-state index contributed by atoms with van der Waals surface area (Å²) in [7, 11) is 1.76. The van der Waals surface area contributed by atoms with E-state index in [1.54, 1.807) is 48.4 Å². The molecule has 5 heteroatoms. The first-order valence-electron chi connectivity index (χ1n) is 4.48. The summed E-state index contributed by atoms with van der Waals surface area (Å²) in [6.45, 7) is 0. The zero-order valence-corrected chi connectivity index (χ0v) is 8.21. The Morgan fingerprint density at radius 1 is 1.33 bits per heavy atom. The number of aromatic nitrogens is 3. The van der Waals surface area contributed by atoms with Gasteiger partial charge in [-0.3, -0.25) is 14.5 Å². The molecule has 2 aromatic rings. The molecule has 0 aliphatic rings. The third-order valence-corrected chi connectivity index (χ3v) is 1.96. The van der Waals surface area contributed by atoms with Gasteiger partial charge in [0, 0.05) is 19.3 Å². The molecule has 0 spiro atoms. The molecular formula is C10H10N4O. The van der Waals surface area contributed by atoms with Crippen molar-refractivity contribution in [1.82, 2.24) is 14.8 Å². The minimum absolute atomic E-state index is 0.237. The Bertz CT molecular complexity index is 463. The highest BCUT2D eigenvalue weighted by atomic mass is 16.2. The van der Waals surface area contributed by atoms with Crippen molar-refractivity contribution in [3.63, 3.8) is 0 Å². The first-order chi connectivity index (χ1) is 7.27. The maximum atomic E-state index is 11.6. The van der Waals surface area contributed by atoms with Crippen molar-refractivity contribution in [1.29, 1.82) is 0 Å². The minimum Gasteiger partial charge on any atom is -0.305 e. The van der Waals surface area contributed by atoms with Gasteiger partial charge in [0.15, 0.2) is 0 Å². The Kier molecular flexibility index (Phi) is 2.45. The Labute approximate surface area is 86.8 Å². The minimum atomic E-state index is -0.237. The summed E-state index contributed by atoms with van der Waals surface area (Å²) in [5.41, 5.74) is 0.388. The zero-order chi connectivity index (χ0) is 10.7. The van der Waals surface area contributed by atoms with Crippen LogP contribution in [0.25, 0.3) is 0 Å². The highest BCUT2D eigenvalue weighted by molar-refractivity contribution is 6.02. The van der Waals surface area contributed by atoms with Crippen LogP contribution in [0.2, 0.25) is 0 Å². The molecule has 0 fully saturated rings. The molecule has 0 aliphatic carbocycles. The van der Waals surface area contributed by atoms with Crippen LogP contribution in [0.1, 0.15) is 10.5 Å². The SMILES string of the molecule is Cn1nccc1NC(=O)c1ccccn1. The molecule has 1 amide bonds. The highest BCUT2D eigenvalue weighted by Gasteiger charge is 2.07. The van der Waals surface area contributed by atoms with Crippen LogP contribution in [0.4, 0.5) is 5.82 Å². The van der Waals surface area contributed by atoms with Crippen LogP contribution >= 0.6 is 0 Å². The van der Waals surface area contributed by atoms with E-state index in [0.29, 0.717) is 11.5 Å². The molecule has 0 bridgehead atoms. The van der Waals surface area contributed by atoms with Gasteiger partial charge in [-0.25, -0.2) is 0 Å². The summed E-state index contributed by atoms with van der Waals surface area (Å²) < 4.78 is 1.58.